The minimum Gasteiger partial charge on any atom is -0.378 e. The molecule has 0 aromatic carbocycles. The Hall–Kier alpha value is -0.870. The van der Waals surface area contributed by atoms with E-state index in [-0.39, 0.29) is 0 Å². The van der Waals surface area contributed by atoms with Crippen molar-refractivity contribution < 1.29 is 4.74 Å². The van der Waals surface area contributed by atoms with E-state index >= 15 is 0 Å². The third kappa shape index (κ3) is 2.33. The molecule has 4 heteroatoms. The summed E-state index contributed by atoms with van der Waals surface area (Å²) in [5, 5.41) is 10.2. The van der Waals surface area contributed by atoms with E-state index in [4.69, 9.17) is 4.74 Å². The van der Waals surface area contributed by atoms with Crippen LogP contribution in [0.5, 0.6) is 0 Å². The van der Waals surface area contributed by atoms with E-state index in [0.29, 0.717) is 12.0 Å². The van der Waals surface area contributed by atoms with Crippen LogP contribution in [0.25, 0.3) is 0 Å². The van der Waals surface area contributed by atoms with Crippen LogP contribution in [-0.2, 0) is 11.3 Å². The van der Waals surface area contributed by atoms with E-state index in [9.17, 15) is 0 Å². The second-order valence-corrected chi connectivity index (χ2v) is 3.84. The van der Waals surface area contributed by atoms with Crippen molar-refractivity contribution in [2.24, 2.45) is 5.92 Å². The molecule has 78 valence electrons. The van der Waals surface area contributed by atoms with Gasteiger partial charge in [-0.1, -0.05) is 0 Å². The van der Waals surface area contributed by atoms with Gasteiger partial charge in [-0.25, -0.2) is 0 Å². The summed E-state index contributed by atoms with van der Waals surface area (Å²) in [6.45, 7) is 4.95. The molecule has 0 saturated carbocycles. The predicted octanol–water partition coefficient (Wildman–Crippen LogP) is 0.924. The topological polar surface area (TPSA) is 49.9 Å². The van der Waals surface area contributed by atoms with Crippen molar-refractivity contribution >= 4 is 0 Å². The van der Waals surface area contributed by atoms with E-state index in [2.05, 4.69) is 22.4 Å². The molecule has 2 unspecified atom stereocenters. The second-order valence-electron chi connectivity index (χ2n) is 3.84. The molecule has 0 bridgehead atoms. The van der Waals surface area contributed by atoms with Gasteiger partial charge in [-0.3, -0.25) is 5.10 Å². The van der Waals surface area contributed by atoms with Crippen LogP contribution >= 0.6 is 0 Å². The van der Waals surface area contributed by atoms with Gasteiger partial charge >= 0.3 is 0 Å². The standard InChI is InChI=1S/C10H17N3O/c1-8-9(3-5-14-8)6-11-7-10-2-4-12-13-10/h2,4,8-9,11H,3,5-7H2,1H3,(H,12,13). The van der Waals surface area contributed by atoms with Crippen molar-refractivity contribution in [3.63, 3.8) is 0 Å². The molecule has 2 atom stereocenters. The molecular weight excluding hydrogens is 178 g/mol. The van der Waals surface area contributed by atoms with E-state index in [1.807, 2.05) is 6.07 Å². The zero-order valence-corrected chi connectivity index (χ0v) is 8.49. The lowest BCUT2D eigenvalue weighted by molar-refractivity contribution is 0.105. The van der Waals surface area contributed by atoms with Crippen LogP contribution in [0.2, 0.25) is 0 Å². The van der Waals surface area contributed by atoms with Gasteiger partial charge in [0.15, 0.2) is 0 Å². The SMILES string of the molecule is CC1OCCC1CNCc1ccn[nH]1. The first-order valence-electron chi connectivity index (χ1n) is 5.17. The molecule has 0 aliphatic carbocycles. The molecule has 1 aliphatic heterocycles. The molecule has 0 radical (unpaired) electrons. The van der Waals surface area contributed by atoms with Crippen LogP contribution in [-0.4, -0.2) is 29.5 Å². The summed E-state index contributed by atoms with van der Waals surface area (Å²) < 4.78 is 5.49. The average molecular weight is 195 g/mol. The predicted molar refractivity (Wildman–Crippen MR) is 53.8 cm³/mol. The van der Waals surface area contributed by atoms with Gasteiger partial charge in [0, 0.05) is 31.6 Å². The number of ether oxygens (including phenoxy) is 1. The van der Waals surface area contributed by atoms with Gasteiger partial charge in [0.1, 0.15) is 0 Å². The Labute approximate surface area is 84.0 Å². The summed E-state index contributed by atoms with van der Waals surface area (Å²) in [5.74, 6) is 0.665. The Morgan fingerprint density at radius 3 is 3.29 bits per heavy atom. The largest absolute Gasteiger partial charge is 0.378 e. The highest BCUT2D eigenvalue weighted by Gasteiger charge is 2.23. The normalized spacial score (nSPS) is 26.9. The molecule has 4 nitrogen and oxygen atoms in total. The number of nitrogens with zero attached hydrogens (tertiary/aromatic N) is 1. The number of aromatic nitrogens is 2. The molecule has 1 fully saturated rings. The Morgan fingerprint density at radius 2 is 2.64 bits per heavy atom. The zero-order valence-electron chi connectivity index (χ0n) is 8.49. The fourth-order valence-corrected chi connectivity index (χ4v) is 1.82. The molecule has 1 aromatic heterocycles. The van der Waals surface area contributed by atoms with E-state index in [0.717, 1.165) is 25.4 Å². The third-order valence-corrected chi connectivity index (χ3v) is 2.81. The maximum absolute atomic E-state index is 5.49. The first-order chi connectivity index (χ1) is 6.86. The minimum atomic E-state index is 0.407. The second kappa shape index (κ2) is 4.57. The Bertz CT molecular complexity index is 260. The van der Waals surface area contributed by atoms with E-state index in [1.165, 1.54) is 6.42 Å². The summed E-state index contributed by atoms with van der Waals surface area (Å²) in [4.78, 5) is 0. The highest BCUT2D eigenvalue weighted by atomic mass is 16.5. The molecule has 1 aromatic rings. The van der Waals surface area contributed by atoms with Crippen LogP contribution in [0, 0.1) is 5.92 Å². The van der Waals surface area contributed by atoms with Crippen molar-refractivity contribution in [2.45, 2.75) is 26.0 Å². The summed E-state index contributed by atoms with van der Waals surface area (Å²) in [7, 11) is 0. The zero-order chi connectivity index (χ0) is 9.80. The van der Waals surface area contributed by atoms with Gasteiger partial charge in [0.2, 0.25) is 0 Å². The van der Waals surface area contributed by atoms with Crippen LogP contribution < -0.4 is 5.32 Å². The van der Waals surface area contributed by atoms with Crippen LogP contribution in [0.3, 0.4) is 0 Å². The fourth-order valence-electron chi connectivity index (χ4n) is 1.82. The highest BCUT2D eigenvalue weighted by Crippen LogP contribution is 2.19. The average Bonchev–Trinajstić information content (AvgIpc) is 2.78. The first-order valence-corrected chi connectivity index (χ1v) is 5.17. The lowest BCUT2D eigenvalue weighted by atomic mass is 10.0. The van der Waals surface area contributed by atoms with Crippen LogP contribution in [0.4, 0.5) is 0 Å². The maximum atomic E-state index is 5.49. The van der Waals surface area contributed by atoms with Crippen molar-refractivity contribution in [3.05, 3.63) is 18.0 Å². The number of hydrogen-bond donors (Lipinski definition) is 2. The summed E-state index contributed by atoms with van der Waals surface area (Å²) >= 11 is 0. The van der Waals surface area contributed by atoms with Gasteiger partial charge in [0.25, 0.3) is 0 Å². The van der Waals surface area contributed by atoms with E-state index in [1.54, 1.807) is 6.20 Å². The van der Waals surface area contributed by atoms with Crippen molar-refractivity contribution in [1.82, 2.24) is 15.5 Å². The van der Waals surface area contributed by atoms with Crippen LogP contribution in [0.1, 0.15) is 19.0 Å². The molecule has 0 spiro atoms. The van der Waals surface area contributed by atoms with Crippen molar-refractivity contribution in [2.75, 3.05) is 13.2 Å². The van der Waals surface area contributed by atoms with Gasteiger partial charge < -0.3 is 10.1 Å². The van der Waals surface area contributed by atoms with Gasteiger partial charge in [0.05, 0.1) is 6.10 Å². The van der Waals surface area contributed by atoms with Gasteiger partial charge in [-0.2, -0.15) is 5.10 Å². The molecular formula is C10H17N3O. The quantitative estimate of drug-likeness (QED) is 0.751. The number of rotatable bonds is 4. The molecule has 1 aliphatic rings. The van der Waals surface area contributed by atoms with Crippen molar-refractivity contribution in [1.29, 1.82) is 0 Å². The number of hydrogen-bond acceptors (Lipinski definition) is 3. The Balaban J connectivity index is 1.68. The van der Waals surface area contributed by atoms with Gasteiger partial charge in [-0.15, -0.1) is 0 Å². The first kappa shape index (κ1) is 9.68. The molecule has 0 amide bonds. The molecule has 2 heterocycles. The molecule has 14 heavy (non-hydrogen) atoms. The Kier molecular flexibility index (Phi) is 3.16. The van der Waals surface area contributed by atoms with Crippen LogP contribution in [0.15, 0.2) is 12.3 Å². The Morgan fingerprint density at radius 1 is 1.71 bits per heavy atom. The van der Waals surface area contributed by atoms with Crippen molar-refractivity contribution in [3.8, 4) is 0 Å². The van der Waals surface area contributed by atoms with E-state index < -0.39 is 0 Å². The lowest BCUT2D eigenvalue weighted by Crippen LogP contribution is -2.26. The fraction of sp³-hybridized carbons (Fsp3) is 0.700. The number of H-pyrrole nitrogens is 1. The summed E-state index contributed by atoms with van der Waals surface area (Å²) in [5.41, 5.74) is 1.14. The summed E-state index contributed by atoms with van der Waals surface area (Å²) in [6.07, 6.45) is 3.36. The van der Waals surface area contributed by atoms with Gasteiger partial charge in [-0.05, 0) is 25.3 Å². The molecule has 2 N–H and O–H groups in total. The summed E-state index contributed by atoms with van der Waals surface area (Å²) in [6, 6.07) is 1.99. The maximum Gasteiger partial charge on any atom is 0.0588 e. The number of nitrogens with one attached hydrogen (secondary N) is 2. The lowest BCUT2D eigenvalue weighted by Gasteiger charge is -2.14. The third-order valence-electron chi connectivity index (χ3n) is 2.81. The highest BCUT2D eigenvalue weighted by molar-refractivity contribution is 4.96. The number of aromatic amines is 1. The minimum absolute atomic E-state index is 0.407. The molecule has 2 rings (SSSR count). The monoisotopic (exact) mass is 195 g/mol. The smallest absolute Gasteiger partial charge is 0.0588 e. The molecule has 1 saturated heterocycles.